The van der Waals surface area contributed by atoms with Crippen LogP contribution in [0.2, 0.25) is 0 Å². The van der Waals surface area contributed by atoms with Crippen molar-refractivity contribution in [3.05, 3.63) is 41.1 Å². The summed E-state index contributed by atoms with van der Waals surface area (Å²) in [6.45, 7) is 0. The molecule has 96 valence electrons. The Morgan fingerprint density at radius 3 is 2.50 bits per heavy atom. The highest BCUT2D eigenvalue weighted by Gasteiger charge is 2.08. The molecule has 0 atom stereocenters. The van der Waals surface area contributed by atoms with Gasteiger partial charge in [-0.2, -0.15) is 0 Å². The predicted octanol–water partition coefficient (Wildman–Crippen LogP) is 2.03. The fraction of sp³-hybridized carbons (Fsp3) is 0.167. The van der Waals surface area contributed by atoms with Gasteiger partial charge in [-0.15, -0.1) is 17.0 Å². The second kappa shape index (κ2) is 6.20. The zero-order valence-electron chi connectivity index (χ0n) is 9.97. The molecule has 1 aromatic carbocycles. The average molecular weight is 313 g/mol. The van der Waals surface area contributed by atoms with Crippen LogP contribution in [0.25, 0.3) is 11.1 Å². The highest BCUT2D eigenvalue weighted by molar-refractivity contribution is 8.93. The van der Waals surface area contributed by atoms with E-state index >= 15 is 0 Å². The summed E-state index contributed by atoms with van der Waals surface area (Å²) in [6.07, 6.45) is 2.87. The molecule has 2 rings (SSSR count). The van der Waals surface area contributed by atoms with Crippen LogP contribution in [0.5, 0.6) is 11.5 Å². The molecule has 0 fully saturated rings. The molecule has 1 N–H and O–H groups in total. The molecule has 0 aliphatic heterocycles. The zero-order chi connectivity index (χ0) is 12.3. The van der Waals surface area contributed by atoms with Gasteiger partial charge in [-0.25, -0.2) is 4.98 Å². The average Bonchev–Trinajstić information content (AvgIpc) is 2.38. The normalized spacial score (nSPS) is 9.44. The predicted molar refractivity (Wildman–Crippen MR) is 73.7 cm³/mol. The molecule has 2 aromatic rings. The van der Waals surface area contributed by atoms with Crippen molar-refractivity contribution in [3.8, 4) is 22.6 Å². The number of hydrogen-bond donors (Lipinski definition) is 1. The van der Waals surface area contributed by atoms with Crippen molar-refractivity contribution >= 4 is 17.0 Å². The lowest BCUT2D eigenvalue weighted by molar-refractivity contribution is 0.355. The number of H-pyrrole nitrogens is 1. The van der Waals surface area contributed by atoms with Crippen LogP contribution in [-0.4, -0.2) is 24.2 Å². The highest BCUT2D eigenvalue weighted by Crippen LogP contribution is 2.30. The SMILES string of the molecule is Br.COc1ccc(-c2cnc[nH]c2=O)cc1OC. The van der Waals surface area contributed by atoms with Crippen molar-refractivity contribution in [3.63, 3.8) is 0 Å². The monoisotopic (exact) mass is 312 g/mol. The van der Waals surface area contributed by atoms with Gasteiger partial charge in [0.15, 0.2) is 11.5 Å². The number of methoxy groups -OCH3 is 2. The van der Waals surface area contributed by atoms with E-state index in [2.05, 4.69) is 9.97 Å². The van der Waals surface area contributed by atoms with E-state index in [0.29, 0.717) is 17.1 Å². The molecule has 0 bridgehead atoms. The van der Waals surface area contributed by atoms with Gasteiger partial charge in [0.25, 0.3) is 5.56 Å². The summed E-state index contributed by atoms with van der Waals surface area (Å²) in [6, 6.07) is 5.28. The molecule has 0 amide bonds. The van der Waals surface area contributed by atoms with Gasteiger partial charge in [-0.3, -0.25) is 4.79 Å². The molecule has 0 saturated heterocycles. The number of nitrogens with one attached hydrogen (secondary N) is 1. The van der Waals surface area contributed by atoms with Crippen molar-refractivity contribution in [1.29, 1.82) is 0 Å². The number of ether oxygens (including phenoxy) is 2. The number of rotatable bonds is 3. The molecular formula is C12H13BrN2O3. The second-order valence-electron chi connectivity index (χ2n) is 3.36. The fourth-order valence-corrected chi connectivity index (χ4v) is 1.55. The summed E-state index contributed by atoms with van der Waals surface area (Å²) in [5, 5.41) is 0. The van der Waals surface area contributed by atoms with E-state index in [1.165, 1.54) is 12.5 Å². The molecule has 0 aliphatic carbocycles. The Kier molecular flexibility index (Phi) is 4.91. The van der Waals surface area contributed by atoms with Gasteiger partial charge in [-0.1, -0.05) is 6.07 Å². The molecule has 1 aromatic heterocycles. The van der Waals surface area contributed by atoms with Crippen LogP contribution in [-0.2, 0) is 0 Å². The number of hydrogen-bond acceptors (Lipinski definition) is 4. The first kappa shape index (κ1) is 14.2. The van der Waals surface area contributed by atoms with Crippen LogP contribution in [0.1, 0.15) is 0 Å². The highest BCUT2D eigenvalue weighted by atomic mass is 79.9. The summed E-state index contributed by atoms with van der Waals surface area (Å²) >= 11 is 0. The minimum atomic E-state index is -0.188. The largest absolute Gasteiger partial charge is 0.493 e. The first-order chi connectivity index (χ1) is 8.26. The van der Waals surface area contributed by atoms with Gasteiger partial charge in [0.1, 0.15) is 0 Å². The quantitative estimate of drug-likeness (QED) is 0.942. The van der Waals surface area contributed by atoms with E-state index in [1.807, 2.05) is 0 Å². The lowest BCUT2D eigenvalue weighted by Gasteiger charge is -2.08. The summed E-state index contributed by atoms with van der Waals surface area (Å²) in [7, 11) is 3.11. The van der Waals surface area contributed by atoms with Gasteiger partial charge in [0.2, 0.25) is 0 Å². The van der Waals surface area contributed by atoms with E-state index in [-0.39, 0.29) is 22.5 Å². The van der Waals surface area contributed by atoms with Crippen LogP contribution in [0, 0.1) is 0 Å². The topological polar surface area (TPSA) is 64.2 Å². The molecule has 0 unspecified atom stereocenters. The molecular weight excluding hydrogens is 300 g/mol. The van der Waals surface area contributed by atoms with Crippen LogP contribution >= 0.6 is 17.0 Å². The maximum atomic E-state index is 11.6. The number of halogens is 1. The zero-order valence-corrected chi connectivity index (χ0v) is 11.7. The molecule has 0 spiro atoms. The van der Waals surface area contributed by atoms with Crippen molar-refractivity contribution in [2.75, 3.05) is 14.2 Å². The minimum absolute atomic E-state index is 0. The number of aromatic amines is 1. The Morgan fingerprint density at radius 1 is 1.17 bits per heavy atom. The van der Waals surface area contributed by atoms with Crippen molar-refractivity contribution in [2.24, 2.45) is 0 Å². The van der Waals surface area contributed by atoms with Gasteiger partial charge in [0, 0.05) is 6.20 Å². The summed E-state index contributed by atoms with van der Waals surface area (Å²) < 4.78 is 10.3. The number of benzene rings is 1. The van der Waals surface area contributed by atoms with E-state index in [9.17, 15) is 4.79 Å². The maximum absolute atomic E-state index is 11.6. The second-order valence-corrected chi connectivity index (χ2v) is 3.36. The maximum Gasteiger partial charge on any atom is 0.258 e. The van der Waals surface area contributed by atoms with Gasteiger partial charge in [-0.05, 0) is 17.7 Å². The van der Waals surface area contributed by atoms with Crippen LogP contribution < -0.4 is 15.0 Å². The smallest absolute Gasteiger partial charge is 0.258 e. The third-order valence-corrected chi connectivity index (χ3v) is 2.41. The summed E-state index contributed by atoms with van der Waals surface area (Å²) in [5.41, 5.74) is 1.04. The van der Waals surface area contributed by atoms with Crippen molar-refractivity contribution in [2.45, 2.75) is 0 Å². The lowest BCUT2D eigenvalue weighted by Crippen LogP contribution is -2.08. The van der Waals surface area contributed by atoms with Crippen LogP contribution in [0.4, 0.5) is 0 Å². The number of aromatic nitrogens is 2. The van der Waals surface area contributed by atoms with Crippen molar-refractivity contribution in [1.82, 2.24) is 9.97 Å². The van der Waals surface area contributed by atoms with E-state index in [0.717, 1.165) is 5.56 Å². The molecule has 0 saturated carbocycles. The minimum Gasteiger partial charge on any atom is -0.493 e. The summed E-state index contributed by atoms with van der Waals surface area (Å²) in [4.78, 5) is 18.0. The standard InChI is InChI=1S/C12H12N2O3.BrH/c1-16-10-4-3-8(5-11(10)17-2)9-6-13-7-14-12(9)15;/h3-7H,1-2H3,(H,13,14,15);1H. The Bertz CT molecular complexity index is 584. The first-order valence-electron chi connectivity index (χ1n) is 5.01. The molecule has 18 heavy (non-hydrogen) atoms. The van der Waals surface area contributed by atoms with E-state index in [4.69, 9.17) is 9.47 Å². The number of nitrogens with zero attached hydrogens (tertiary/aromatic N) is 1. The Hall–Kier alpha value is -1.82. The molecule has 6 heteroatoms. The molecule has 0 radical (unpaired) electrons. The Morgan fingerprint density at radius 2 is 1.89 bits per heavy atom. The van der Waals surface area contributed by atoms with Crippen LogP contribution in [0.15, 0.2) is 35.5 Å². The van der Waals surface area contributed by atoms with Gasteiger partial charge < -0.3 is 14.5 Å². The van der Waals surface area contributed by atoms with Gasteiger partial charge in [0.05, 0.1) is 26.1 Å². The lowest BCUT2D eigenvalue weighted by atomic mass is 10.1. The Balaban J connectivity index is 0.00000162. The van der Waals surface area contributed by atoms with Crippen LogP contribution in [0.3, 0.4) is 0 Å². The molecule has 5 nitrogen and oxygen atoms in total. The third kappa shape index (κ3) is 2.70. The van der Waals surface area contributed by atoms with Crippen molar-refractivity contribution < 1.29 is 9.47 Å². The summed E-state index contributed by atoms with van der Waals surface area (Å²) in [5.74, 6) is 1.20. The fourth-order valence-electron chi connectivity index (χ4n) is 1.55. The molecule has 1 heterocycles. The third-order valence-electron chi connectivity index (χ3n) is 2.41. The Labute approximate surface area is 115 Å². The van der Waals surface area contributed by atoms with E-state index < -0.39 is 0 Å². The van der Waals surface area contributed by atoms with E-state index in [1.54, 1.807) is 32.4 Å². The van der Waals surface area contributed by atoms with Gasteiger partial charge >= 0.3 is 0 Å². The molecule has 0 aliphatic rings. The first-order valence-corrected chi connectivity index (χ1v) is 5.01.